The molecule has 6 heteroatoms. The van der Waals surface area contributed by atoms with Crippen LogP contribution in [0.15, 0.2) is 30.3 Å². The molecule has 0 saturated carbocycles. The summed E-state index contributed by atoms with van der Waals surface area (Å²) in [6.07, 6.45) is 0. The molecule has 4 N–H and O–H groups in total. The Kier molecular flexibility index (Phi) is 2.71. The highest BCUT2D eigenvalue weighted by Crippen LogP contribution is 2.30. The number of aromatic amines is 1. The average molecular weight is 269 g/mol. The molecule has 1 aromatic carbocycles. The number of benzene rings is 1. The number of nitrogens with two attached hydrogens (primary N) is 1. The SMILES string of the molecule is CN(C)c1ccc2[nH]c(-c3ccc(N)cc3O)nc2n1. The molecule has 20 heavy (non-hydrogen) atoms. The van der Waals surface area contributed by atoms with Gasteiger partial charge in [-0.1, -0.05) is 0 Å². The Hall–Kier alpha value is -2.76. The van der Waals surface area contributed by atoms with Crippen LogP contribution in [0.4, 0.5) is 11.5 Å². The first-order valence-corrected chi connectivity index (χ1v) is 6.17. The molecule has 102 valence electrons. The smallest absolute Gasteiger partial charge is 0.180 e. The predicted octanol–water partition coefficient (Wildman–Crippen LogP) is 1.98. The normalized spacial score (nSPS) is 10.9. The van der Waals surface area contributed by atoms with E-state index in [1.54, 1.807) is 12.1 Å². The van der Waals surface area contributed by atoms with E-state index >= 15 is 0 Å². The number of phenols is 1. The van der Waals surface area contributed by atoms with Gasteiger partial charge in [-0.3, -0.25) is 0 Å². The molecule has 3 aromatic rings. The zero-order chi connectivity index (χ0) is 14.3. The lowest BCUT2D eigenvalue weighted by molar-refractivity contribution is 0.477. The Bertz CT molecular complexity index is 778. The number of nitrogens with one attached hydrogen (secondary N) is 1. The minimum Gasteiger partial charge on any atom is -0.507 e. The molecule has 6 nitrogen and oxygen atoms in total. The molecule has 0 radical (unpaired) electrons. The van der Waals surface area contributed by atoms with Gasteiger partial charge in [0.2, 0.25) is 0 Å². The summed E-state index contributed by atoms with van der Waals surface area (Å²) in [5, 5.41) is 9.94. The van der Waals surface area contributed by atoms with Crippen LogP contribution in [-0.2, 0) is 0 Å². The van der Waals surface area contributed by atoms with Gasteiger partial charge < -0.3 is 20.7 Å². The molecule has 0 aliphatic heterocycles. The van der Waals surface area contributed by atoms with Crippen LogP contribution in [0.3, 0.4) is 0 Å². The third-order valence-corrected chi connectivity index (χ3v) is 3.07. The van der Waals surface area contributed by atoms with E-state index in [1.165, 1.54) is 6.07 Å². The Morgan fingerprint density at radius 2 is 1.95 bits per heavy atom. The second-order valence-corrected chi connectivity index (χ2v) is 4.80. The molecule has 0 aliphatic carbocycles. The predicted molar refractivity (Wildman–Crippen MR) is 79.7 cm³/mol. The van der Waals surface area contributed by atoms with E-state index in [1.807, 2.05) is 31.1 Å². The molecule has 0 bridgehead atoms. The van der Waals surface area contributed by atoms with Crippen molar-refractivity contribution < 1.29 is 5.11 Å². The molecule has 0 amide bonds. The minimum atomic E-state index is 0.0943. The summed E-state index contributed by atoms with van der Waals surface area (Å²) in [6.45, 7) is 0. The number of rotatable bonds is 2. The van der Waals surface area contributed by atoms with Gasteiger partial charge in [-0.05, 0) is 24.3 Å². The Morgan fingerprint density at radius 3 is 2.65 bits per heavy atom. The lowest BCUT2D eigenvalue weighted by Crippen LogP contribution is -2.10. The number of nitrogens with zero attached hydrogens (tertiary/aromatic N) is 3. The third-order valence-electron chi connectivity index (χ3n) is 3.07. The quantitative estimate of drug-likeness (QED) is 0.619. The Balaban J connectivity index is 2.13. The van der Waals surface area contributed by atoms with Crippen molar-refractivity contribution in [3.63, 3.8) is 0 Å². The number of hydrogen-bond acceptors (Lipinski definition) is 5. The highest BCUT2D eigenvalue weighted by molar-refractivity contribution is 5.79. The van der Waals surface area contributed by atoms with Crippen molar-refractivity contribution >= 4 is 22.7 Å². The fourth-order valence-corrected chi connectivity index (χ4v) is 2.01. The second kappa shape index (κ2) is 4.41. The maximum atomic E-state index is 9.94. The molecule has 0 spiro atoms. The minimum absolute atomic E-state index is 0.0943. The molecule has 2 heterocycles. The Labute approximate surface area is 115 Å². The Morgan fingerprint density at radius 1 is 1.15 bits per heavy atom. The van der Waals surface area contributed by atoms with Gasteiger partial charge in [-0.15, -0.1) is 0 Å². The molecule has 0 atom stereocenters. The van der Waals surface area contributed by atoms with Crippen molar-refractivity contribution in [3.8, 4) is 17.1 Å². The standard InChI is InChI=1S/C14H15N5O/c1-19(2)12-6-5-10-14(17-12)18-13(16-10)9-4-3-8(15)7-11(9)20/h3-7,20H,15H2,1-2H3,(H,16,17,18). The zero-order valence-electron chi connectivity index (χ0n) is 11.3. The van der Waals surface area contributed by atoms with Crippen molar-refractivity contribution in [1.29, 1.82) is 0 Å². The van der Waals surface area contributed by atoms with Gasteiger partial charge in [0.15, 0.2) is 5.65 Å². The van der Waals surface area contributed by atoms with Crippen LogP contribution < -0.4 is 10.6 Å². The summed E-state index contributed by atoms with van der Waals surface area (Å²) < 4.78 is 0. The summed E-state index contributed by atoms with van der Waals surface area (Å²) >= 11 is 0. The zero-order valence-corrected chi connectivity index (χ0v) is 11.3. The van der Waals surface area contributed by atoms with Crippen LogP contribution in [-0.4, -0.2) is 34.2 Å². The number of hydrogen-bond donors (Lipinski definition) is 3. The number of fused-ring (bicyclic) bond motifs is 1. The monoisotopic (exact) mass is 269 g/mol. The van der Waals surface area contributed by atoms with Crippen molar-refractivity contribution in [2.24, 2.45) is 0 Å². The lowest BCUT2D eigenvalue weighted by atomic mass is 10.2. The van der Waals surface area contributed by atoms with Crippen molar-refractivity contribution in [3.05, 3.63) is 30.3 Å². The van der Waals surface area contributed by atoms with Gasteiger partial charge in [-0.2, -0.15) is 0 Å². The highest BCUT2D eigenvalue weighted by Gasteiger charge is 2.11. The lowest BCUT2D eigenvalue weighted by Gasteiger charge is -2.09. The van der Waals surface area contributed by atoms with E-state index in [0.29, 0.717) is 22.7 Å². The average Bonchev–Trinajstić information content (AvgIpc) is 2.80. The number of imidazole rings is 1. The maximum Gasteiger partial charge on any atom is 0.180 e. The van der Waals surface area contributed by atoms with Crippen LogP contribution in [0.1, 0.15) is 0 Å². The van der Waals surface area contributed by atoms with Crippen molar-refractivity contribution in [2.45, 2.75) is 0 Å². The first-order valence-electron chi connectivity index (χ1n) is 6.17. The van der Waals surface area contributed by atoms with Crippen LogP contribution in [0.5, 0.6) is 5.75 Å². The summed E-state index contributed by atoms with van der Waals surface area (Å²) in [7, 11) is 3.85. The fraction of sp³-hybridized carbons (Fsp3) is 0.143. The second-order valence-electron chi connectivity index (χ2n) is 4.80. The fourth-order valence-electron chi connectivity index (χ4n) is 2.01. The third kappa shape index (κ3) is 2.01. The summed E-state index contributed by atoms with van der Waals surface area (Å²) in [6, 6.07) is 8.78. The van der Waals surface area contributed by atoms with E-state index in [9.17, 15) is 5.11 Å². The van der Waals surface area contributed by atoms with E-state index in [4.69, 9.17) is 5.73 Å². The van der Waals surface area contributed by atoms with E-state index in [-0.39, 0.29) is 5.75 Å². The first kappa shape index (κ1) is 12.3. The number of aromatic nitrogens is 3. The molecule has 0 fully saturated rings. The summed E-state index contributed by atoms with van der Waals surface area (Å²) in [5.74, 6) is 1.50. The van der Waals surface area contributed by atoms with Crippen LogP contribution >= 0.6 is 0 Å². The van der Waals surface area contributed by atoms with E-state index in [2.05, 4.69) is 15.0 Å². The number of nitrogen functional groups attached to an aromatic ring is 1. The molecular weight excluding hydrogens is 254 g/mol. The number of aromatic hydroxyl groups is 1. The number of phenolic OH excluding ortho intramolecular Hbond substituents is 1. The van der Waals surface area contributed by atoms with Crippen LogP contribution in [0.25, 0.3) is 22.6 Å². The van der Waals surface area contributed by atoms with Crippen molar-refractivity contribution in [1.82, 2.24) is 15.0 Å². The molecular formula is C14H15N5O. The molecule has 0 aliphatic rings. The number of anilines is 2. The van der Waals surface area contributed by atoms with Crippen LogP contribution in [0, 0.1) is 0 Å². The molecule has 0 saturated heterocycles. The van der Waals surface area contributed by atoms with E-state index in [0.717, 1.165) is 11.3 Å². The first-order chi connectivity index (χ1) is 9.54. The van der Waals surface area contributed by atoms with Gasteiger partial charge in [0.1, 0.15) is 17.4 Å². The van der Waals surface area contributed by atoms with Crippen molar-refractivity contribution in [2.75, 3.05) is 24.7 Å². The maximum absolute atomic E-state index is 9.94. The topological polar surface area (TPSA) is 91.1 Å². The van der Waals surface area contributed by atoms with Gasteiger partial charge in [-0.25, -0.2) is 9.97 Å². The van der Waals surface area contributed by atoms with E-state index < -0.39 is 0 Å². The van der Waals surface area contributed by atoms with Gasteiger partial charge in [0.25, 0.3) is 0 Å². The summed E-state index contributed by atoms with van der Waals surface area (Å²) in [4.78, 5) is 13.9. The number of H-pyrrole nitrogens is 1. The number of pyridine rings is 1. The molecule has 2 aromatic heterocycles. The van der Waals surface area contributed by atoms with Gasteiger partial charge in [0.05, 0.1) is 11.1 Å². The van der Waals surface area contributed by atoms with Gasteiger partial charge >= 0.3 is 0 Å². The molecule has 3 rings (SSSR count). The highest BCUT2D eigenvalue weighted by atomic mass is 16.3. The summed E-state index contributed by atoms with van der Waals surface area (Å²) in [5.41, 5.74) is 8.17. The van der Waals surface area contributed by atoms with Gasteiger partial charge in [0, 0.05) is 25.8 Å². The van der Waals surface area contributed by atoms with Crippen LogP contribution in [0.2, 0.25) is 0 Å². The molecule has 0 unspecified atom stereocenters. The largest absolute Gasteiger partial charge is 0.507 e.